The second-order valence-corrected chi connectivity index (χ2v) is 15.2. The van der Waals surface area contributed by atoms with Crippen LogP contribution in [0.25, 0.3) is 86.3 Å². The van der Waals surface area contributed by atoms with Gasteiger partial charge in [-0.15, -0.1) is 11.3 Å². The average molecular weight is 720 g/mol. The summed E-state index contributed by atoms with van der Waals surface area (Å²) in [7, 11) is 0. The quantitative estimate of drug-likeness (QED) is 0.170. The maximum absolute atomic E-state index is 6.62. The van der Waals surface area contributed by atoms with E-state index in [4.69, 9.17) is 4.42 Å². The van der Waals surface area contributed by atoms with E-state index < -0.39 is 0 Å². The molecule has 11 rings (SSSR count). The Balaban J connectivity index is 1.09. The third-order valence-electron chi connectivity index (χ3n) is 10.9. The van der Waals surface area contributed by atoms with Crippen molar-refractivity contribution >= 4 is 81.3 Å². The van der Waals surface area contributed by atoms with Crippen LogP contribution < -0.4 is 4.90 Å². The van der Waals surface area contributed by atoms with Gasteiger partial charge in [-0.1, -0.05) is 152 Å². The molecule has 0 saturated carbocycles. The van der Waals surface area contributed by atoms with Crippen molar-refractivity contribution in [3.8, 4) is 33.4 Å². The molecule has 0 aliphatic carbocycles. The zero-order valence-corrected chi connectivity index (χ0v) is 30.6. The fourth-order valence-electron chi connectivity index (χ4n) is 8.25. The van der Waals surface area contributed by atoms with E-state index in [0.717, 1.165) is 55.7 Å². The van der Waals surface area contributed by atoms with Crippen LogP contribution in [0.1, 0.15) is 0 Å². The van der Waals surface area contributed by atoms with Gasteiger partial charge in [0.2, 0.25) is 0 Å². The van der Waals surface area contributed by atoms with Gasteiger partial charge < -0.3 is 9.32 Å². The lowest BCUT2D eigenvalue weighted by Crippen LogP contribution is -2.11. The molecule has 2 aromatic heterocycles. The summed E-state index contributed by atoms with van der Waals surface area (Å²) in [5, 5.41) is 7.27. The van der Waals surface area contributed by atoms with Gasteiger partial charge in [-0.2, -0.15) is 0 Å². The minimum Gasteiger partial charge on any atom is -0.455 e. The summed E-state index contributed by atoms with van der Waals surface area (Å²) in [5.74, 6) is 0. The van der Waals surface area contributed by atoms with E-state index in [2.05, 4.69) is 199 Å². The standard InChI is InChI=1S/C52H33NOS/c1-2-13-37-32-39(31-30-34(37)12-1)36-28-26-35(27-29-36)38-14-9-15-40(33-38)53(47-22-11-25-50-51(47)45-18-5-8-24-49(45)55-50)46-21-6-3-16-41(46)43-19-10-20-44-42-17-4-7-23-48(42)54-52(43)44/h1-33H. The highest BCUT2D eigenvalue weighted by molar-refractivity contribution is 7.26. The predicted octanol–water partition coefficient (Wildman–Crippen LogP) is 15.6. The van der Waals surface area contributed by atoms with Crippen molar-refractivity contribution in [3.63, 3.8) is 0 Å². The molecule has 2 nitrogen and oxygen atoms in total. The fraction of sp³-hybridized carbons (Fsp3) is 0. The minimum absolute atomic E-state index is 0.896. The maximum atomic E-state index is 6.62. The normalized spacial score (nSPS) is 11.6. The Bertz CT molecular complexity index is 3220. The molecule has 258 valence electrons. The van der Waals surface area contributed by atoms with E-state index >= 15 is 0 Å². The lowest BCUT2D eigenvalue weighted by Gasteiger charge is -2.29. The minimum atomic E-state index is 0.896. The van der Waals surface area contributed by atoms with Gasteiger partial charge in [0.05, 0.1) is 11.4 Å². The zero-order valence-electron chi connectivity index (χ0n) is 29.8. The molecule has 0 saturated heterocycles. The first kappa shape index (κ1) is 31.6. The van der Waals surface area contributed by atoms with Gasteiger partial charge in [-0.3, -0.25) is 0 Å². The second-order valence-electron chi connectivity index (χ2n) is 14.1. The Morgan fingerprint density at radius 1 is 0.382 bits per heavy atom. The Morgan fingerprint density at radius 2 is 1.00 bits per heavy atom. The van der Waals surface area contributed by atoms with Crippen LogP contribution in [0.2, 0.25) is 0 Å². The van der Waals surface area contributed by atoms with Crippen LogP contribution >= 0.6 is 11.3 Å². The van der Waals surface area contributed by atoms with Crippen molar-refractivity contribution in [2.24, 2.45) is 0 Å². The van der Waals surface area contributed by atoms with Crippen LogP contribution in [0.4, 0.5) is 17.1 Å². The predicted molar refractivity (Wildman–Crippen MR) is 235 cm³/mol. The SMILES string of the molecule is c1cc(-c2ccc(-c3ccc4ccccc4c3)cc2)cc(N(c2ccccc2-c2cccc3c2oc2ccccc23)c2cccc3sc4ccccc4c23)c1. The smallest absolute Gasteiger partial charge is 0.143 e. The van der Waals surface area contributed by atoms with Crippen molar-refractivity contribution in [3.05, 3.63) is 200 Å². The first-order valence-electron chi connectivity index (χ1n) is 18.7. The molecule has 3 heteroatoms. The van der Waals surface area contributed by atoms with Gasteiger partial charge in [-0.05, 0) is 81.6 Å². The number of furan rings is 1. The number of anilines is 3. The van der Waals surface area contributed by atoms with Gasteiger partial charge in [-0.25, -0.2) is 0 Å². The number of hydrogen-bond donors (Lipinski definition) is 0. The topological polar surface area (TPSA) is 16.4 Å². The average Bonchev–Trinajstić information content (AvgIpc) is 3.83. The molecule has 0 amide bonds. The molecule has 0 radical (unpaired) electrons. The summed E-state index contributed by atoms with van der Waals surface area (Å²) >= 11 is 1.85. The Morgan fingerprint density at radius 3 is 1.89 bits per heavy atom. The molecule has 0 spiro atoms. The van der Waals surface area contributed by atoms with Gasteiger partial charge in [0.25, 0.3) is 0 Å². The number of rotatable bonds is 6. The van der Waals surface area contributed by atoms with Crippen LogP contribution in [0.3, 0.4) is 0 Å². The monoisotopic (exact) mass is 719 g/mol. The molecule has 0 aliphatic rings. The first-order chi connectivity index (χ1) is 27.3. The van der Waals surface area contributed by atoms with Gasteiger partial charge in [0.1, 0.15) is 11.2 Å². The maximum Gasteiger partial charge on any atom is 0.143 e. The van der Waals surface area contributed by atoms with Crippen LogP contribution in [0.15, 0.2) is 205 Å². The Labute approximate surface area is 322 Å². The summed E-state index contributed by atoms with van der Waals surface area (Å²) in [4.78, 5) is 2.45. The number of fused-ring (bicyclic) bond motifs is 7. The van der Waals surface area contributed by atoms with Crippen molar-refractivity contribution in [2.75, 3.05) is 4.90 Å². The third-order valence-corrected chi connectivity index (χ3v) is 12.0. The molecule has 9 aromatic carbocycles. The lowest BCUT2D eigenvalue weighted by molar-refractivity contribution is 0.670. The number of thiophene rings is 1. The van der Waals surface area contributed by atoms with Crippen molar-refractivity contribution in [1.29, 1.82) is 0 Å². The lowest BCUT2D eigenvalue weighted by atomic mass is 9.97. The highest BCUT2D eigenvalue weighted by Gasteiger charge is 2.23. The molecule has 0 unspecified atom stereocenters. The molecule has 0 fully saturated rings. The number of para-hydroxylation sites is 3. The number of benzene rings is 9. The summed E-state index contributed by atoms with van der Waals surface area (Å²) in [6, 6.07) is 72.2. The zero-order chi connectivity index (χ0) is 36.3. The molecule has 0 N–H and O–H groups in total. The fourth-order valence-corrected chi connectivity index (χ4v) is 9.38. The molecule has 11 aromatic rings. The number of hydrogen-bond acceptors (Lipinski definition) is 3. The second kappa shape index (κ2) is 12.9. The van der Waals surface area contributed by atoms with Crippen molar-refractivity contribution in [2.45, 2.75) is 0 Å². The largest absolute Gasteiger partial charge is 0.455 e. The number of nitrogens with zero attached hydrogens (tertiary/aromatic N) is 1. The van der Waals surface area contributed by atoms with Crippen molar-refractivity contribution < 1.29 is 4.42 Å². The van der Waals surface area contributed by atoms with Gasteiger partial charge in [0, 0.05) is 47.8 Å². The van der Waals surface area contributed by atoms with E-state index in [1.165, 1.54) is 47.6 Å². The summed E-state index contributed by atoms with van der Waals surface area (Å²) < 4.78 is 9.17. The molecule has 0 atom stereocenters. The highest BCUT2D eigenvalue weighted by atomic mass is 32.1. The molecule has 0 bridgehead atoms. The molecular weight excluding hydrogens is 687 g/mol. The Kier molecular flexibility index (Phi) is 7.39. The molecular formula is C52H33NOS. The molecule has 55 heavy (non-hydrogen) atoms. The third kappa shape index (κ3) is 5.32. The Hall–Kier alpha value is -6.94. The molecule has 0 aliphatic heterocycles. The van der Waals surface area contributed by atoms with Crippen LogP contribution in [0.5, 0.6) is 0 Å². The molecule has 2 heterocycles. The van der Waals surface area contributed by atoms with E-state index in [-0.39, 0.29) is 0 Å². The van der Waals surface area contributed by atoms with E-state index in [9.17, 15) is 0 Å². The van der Waals surface area contributed by atoms with E-state index in [1.807, 2.05) is 17.4 Å². The van der Waals surface area contributed by atoms with Gasteiger partial charge >= 0.3 is 0 Å². The summed E-state index contributed by atoms with van der Waals surface area (Å²) in [6.07, 6.45) is 0. The highest BCUT2D eigenvalue weighted by Crippen LogP contribution is 2.49. The van der Waals surface area contributed by atoms with Crippen LogP contribution in [-0.2, 0) is 0 Å². The van der Waals surface area contributed by atoms with E-state index in [1.54, 1.807) is 0 Å². The summed E-state index contributed by atoms with van der Waals surface area (Å²) in [5.41, 5.74) is 12.0. The van der Waals surface area contributed by atoms with E-state index in [0.29, 0.717) is 0 Å². The van der Waals surface area contributed by atoms with Crippen molar-refractivity contribution in [1.82, 2.24) is 0 Å². The van der Waals surface area contributed by atoms with Gasteiger partial charge in [0.15, 0.2) is 0 Å². The summed E-state index contributed by atoms with van der Waals surface area (Å²) in [6.45, 7) is 0. The first-order valence-corrected chi connectivity index (χ1v) is 19.5. The van der Waals surface area contributed by atoms with Crippen LogP contribution in [-0.4, -0.2) is 0 Å². The van der Waals surface area contributed by atoms with Crippen LogP contribution in [0, 0.1) is 0 Å².